The average molecular weight is 416 g/mol. The number of carbonyl (C=O) groups excluding carboxylic acids is 2. The van der Waals surface area contributed by atoms with Crippen LogP contribution >= 0.6 is 23.1 Å². The SMILES string of the molecule is CC1(C)[C@H](C=C2CCSC2=O)[C@H]1C(=O)OCc1cnc(Oc2ccccc2)s1. The van der Waals surface area contributed by atoms with E-state index in [1.165, 1.54) is 23.1 Å². The van der Waals surface area contributed by atoms with E-state index >= 15 is 0 Å². The minimum absolute atomic E-state index is 0.0658. The minimum atomic E-state index is -0.219. The maximum absolute atomic E-state index is 12.6. The Kier molecular flexibility index (Phi) is 5.29. The molecule has 0 N–H and O–H groups in total. The lowest BCUT2D eigenvalue weighted by Crippen LogP contribution is -2.10. The van der Waals surface area contributed by atoms with Crippen LogP contribution in [0.2, 0.25) is 0 Å². The maximum atomic E-state index is 12.6. The van der Waals surface area contributed by atoms with Crippen molar-refractivity contribution in [2.24, 2.45) is 17.3 Å². The molecule has 2 atom stereocenters. The van der Waals surface area contributed by atoms with Crippen molar-refractivity contribution in [1.29, 1.82) is 0 Å². The van der Waals surface area contributed by atoms with Crippen LogP contribution in [0.25, 0.3) is 0 Å². The highest BCUT2D eigenvalue weighted by atomic mass is 32.2. The fourth-order valence-electron chi connectivity index (χ4n) is 3.48. The molecule has 7 heteroatoms. The number of nitrogens with zero attached hydrogens (tertiary/aromatic N) is 1. The number of rotatable bonds is 6. The lowest BCUT2D eigenvalue weighted by molar-refractivity contribution is -0.147. The zero-order valence-electron chi connectivity index (χ0n) is 15.7. The Morgan fingerprint density at radius 1 is 1.32 bits per heavy atom. The zero-order chi connectivity index (χ0) is 19.7. The molecule has 28 heavy (non-hydrogen) atoms. The first-order valence-corrected chi connectivity index (χ1v) is 11.0. The second-order valence-corrected chi connectivity index (χ2v) is 9.66. The second-order valence-electron chi connectivity index (χ2n) is 7.52. The fraction of sp³-hybridized carbons (Fsp3) is 0.381. The molecule has 0 radical (unpaired) electrons. The maximum Gasteiger partial charge on any atom is 0.310 e. The summed E-state index contributed by atoms with van der Waals surface area (Å²) in [5.41, 5.74) is 0.677. The number of esters is 1. The van der Waals surface area contributed by atoms with Gasteiger partial charge in [-0.3, -0.25) is 9.59 Å². The Balaban J connectivity index is 1.33. The normalized spacial score (nSPS) is 24.4. The molecule has 0 unspecified atom stereocenters. The summed E-state index contributed by atoms with van der Waals surface area (Å²) in [6.07, 6.45) is 4.46. The Morgan fingerprint density at radius 2 is 2.11 bits per heavy atom. The number of hydrogen-bond donors (Lipinski definition) is 0. The summed E-state index contributed by atoms with van der Waals surface area (Å²) in [4.78, 5) is 29.5. The molecule has 1 saturated heterocycles. The number of carbonyl (C=O) groups is 2. The van der Waals surface area contributed by atoms with E-state index in [0.717, 1.165) is 28.4 Å². The molecule has 5 nitrogen and oxygen atoms in total. The van der Waals surface area contributed by atoms with Crippen molar-refractivity contribution in [2.75, 3.05) is 5.75 Å². The van der Waals surface area contributed by atoms with Crippen LogP contribution in [0.3, 0.4) is 0 Å². The molecule has 146 valence electrons. The standard InChI is InChI=1S/C21H21NO4S2/c1-21(2)16(10-13-8-9-27-19(13)24)17(21)18(23)25-12-15-11-22-20(28-15)26-14-6-4-3-5-7-14/h3-7,10-11,16-17H,8-9,12H2,1-2H3/t16-,17+/m1/s1. The topological polar surface area (TPSA) is 65.5 Å². The van der Waals surface area contributed by atoms with Gasteiger partial charge >= 0.3 is 5.97 Å². The predicted molar refractivity (Wildman–Crippen MR) is 109 cm³/mol. The van der Waals surface area contributed by atoms with Gasteiger partial charge in [0.1, 0.15) is 12.4 Å². The van der Waals surface area contributed by atoms with E-state index in [0.29, 0.717) is 5.19 Å². The van der Waals surface area contributed by atoms with Crippen LogP contribution in [0.4, 0.5) is 0 Å². The van der Waals surface area contributed by atoms with Crippen molar-refractivity contribution in [3.05, 3.63) is 53.1 Å². The van der Waals surface area contributed by atoms with Crippen molar-refractivity contribution < 1.29 is 19.1 Å². The van der Waals surface area contributed by atoms with Crippen LogP contribution in [0.15, 0.2) is 48.2 Å². The van der Waals surface area contributed by atoms with Gasteiger partial charge < -0.3 is 9.47 Å². The smallest absolute Gasteiger partial charge is 0.310 e. The van der Waals surface area contributed by atoms with Gasteiger partial charge in [0.15, 0.2) is 0 Å². The number of para-hydroxylation sites is 1. The van der Waals surface area contributed by atoms with Crippen molar-refractivity contribution in [2.45, 2.75) is 26.9 Å². The molecule has 1 aromatic heterocycles. The van der Waals surface area contributed by atoms with Gasteiger partial charge in [0.05, 0.1) is 10.8 Å². The zero-order valence-corrected chi connectivity index (χ0v) is 17.3. The monoisotopic (exact) mass is 415 g/mol. The van der Waals surface area contributed by atoms with Crippen molar-refractivity contribution in [3.8, 4) is 10.9 Å². The molecule has 4 rings (SSSR count). The number of benzene rings is 1. The Morgan fingerprint density at radius 3 is 2.82 bits per heavy atom. The van der Waals surface area contributed by atoms with Crippen molar-refractivity contribution >= 4 is 34.2 Å². The Hall–Kier alpha value is -2.12. The van der Waals surface area contributed by atoms with Crippen LogP contribution in [-0.4, -0.2) is 21.8 Å². The van der Waals surface area contributed by atoms with E-state index in [1.807, 2.05) is 50.3 Å². The van der Waals surface area contributed by atoms with Crippen LogP contribution in [0, 0.1) is 17.3 Å². The number of hydrogen-bond acceptors (Lipinski definition) is 7. The van der Waals surface area contributed by atoms with Gasteiger partial charge in [-0.1, -0.05) is 61.2 Å². The highest BCUT2D eigenvalue weighted by Gasteiger charge is 2.61. The molecular formula is C21H21NO4S2. The molecule has 0 spiro atoms. The molecule has 2 fully saturated rings. The molecule has 1 aromatic carbocycles. The third-order valence-corrected chi connectivity index (χ3v) is 7.03. The predicted octanol–water partition coefficient (Wildman–Crippen LogP) is 4.84. The highest BCUT2D eigenvalue weighted by Crippen LogP contribution is 2.60. The van der Waals surface area contributed by atoms with Crippen molar-refractivity contribution in [3.63, 3.8) is 0 Å². The summed E-state index contributed by atoms with van der Waals surface area (Å²) in [5.74, 6) is 1.20. The lowest BCUT2D eigenvalue weighted by Gasteiger charge is -2.04. The largest absolute Gasteiger partial charge is 0.460 e. The number of ether oxygens (including phenoxy) is 2. The van der Waals surface area contributed by atoms with Crippen LogP contribution in [0.5, 0.6) is 10.9 Å². The molecule has 2 heterocycles. The summed E-state index contributed by atoms with van der Waals surface area (Å²) in [6, 6.07) is 9.43. The molecule has 0 amide bonds. The summed E-state index contributed by atoms with van der Waals surface area (Å²) in [6.45, 7) is 4.27. The molecular weight excluding hydrogens is 394 g/mol. The number of thioether (sulfide) groups is 1. The summed E-state index contributed by atoms with van der Waals surface area (Å²) in [7, 11) is 0. The van der Waals surface area contributed by atoms with Gasteiger partial charge in [0.25, 0.3) is 5.19 Å². The van der Waals surface area contributed by atoms with E-state index in [9.17, 15) is 9.59 Å². The third-order valence-electron chi connectivity index (χ3n) is 5.25. The minimum Gasteiger partial charge on any atom is -0.460 e. The van der Waals surface area contributed by atoms with Crippen molar-refractivity contribution in [1.82, 2.24) is 4.98 Å². The van der Waals surface area contributed by atoms with Gasteiger partial charge in [-0.15, -0.1) is 0 Å². The van der Waals surface area contributed by atoms with Gasteiger partial charge in [-0.25, -0.2) is 4.98 Å². The molecule has 2 aromatic rings. The molecule has 0 bridgehead atoms. The van der Waals surface area contributed by atoms with Gasteiger partial charge in [-0.05, 0) is 29.9 Å². The summed E-state index contributed by atoms with van der Waals surface area (Å²) >= 11 is 2.71. The lowest BCUT2D eigenvalue weighted by atomic mass is 10.1. The van der Waals surface area contributed by atoms with Gasteiger partial charge in [0.2, 0.25) is 5.12 Å². The van der Waals surface area contributed by atoms with Crippen LogP contribution in [-0.2, 0) is 20.9 Å². The first-order chi connectivity index (χ1) is 13.4. The number of aromatic nitrogens is 1. The number of allylic oxidation sites excluding steroid dienone is 1. The van der Waals surface area contributed by atoms with E-state index in [1.54, 1.807) is 6.20 Å². The summed E-state index contributed by atoms with van der Waals surface area (Å²) < 4.78 is 11.2. The summed E-state index contributed by atoms with van der Waals surface area (Å²) in [5, 5.41) is 0.661. The van der Waals surface area contributed by atoms with Crippen LogP contribution in [0.1, 0.15) is 25.1 Å². The highest BCUT2D eigenvalue weighted by molar-refractivity contribution is 8.14. The van der Waals surface area contributed by atoms with E-state index in [-0.39, 0.29) is 34.9 Å². The van der Waals surface area contributed by atoms with E-state index < -0.39 is 0 Å². The number of thiazole rings is 1. The van der Waals surface area contributed by atoms with Crippen LogP contribution < -0.4 is 4.74 Å². The third kappa shape index (κ3) is 4.00. The average Bonchev–Trinajstić information content (AvgIpc) is 3.03. The molecule has 2 aliphatic rings. The fourth-order valence-corrected chi connectivity index (χ4v) is 5.03. The molecule has 1 saturated carbocycles. The first kappa shape index (κ1) is 19.2. The van der Waals surface area contributed by atoms with E-state index in [4.69, 9.17) is 9.47 Å². The Labute approximate surface area is 172 Å². The quantitative estimate of drug-likeness (QED) is 0.497. The van der Waals surface area contributed by atoms with E-state index in [2.05, 4.69) is 4.98 Å². The molecule has 1 aliphatic heterocycles. The Bertz CT molecular complexity index is 919. The second kappa shape index (κ2) is 7.72. The van der Waals surface area contributed by atoms with Gasteiger partial charge in [0, 0.05) is 17.5 Å². The molecule has 1 aliphatic carbocycles. The van der Waals surface area contributed by atoms with Gasteiger partial charge in [-0.2, -0.15) is 0 Å². The first-order valence-electron chi connectivity index (χ1n) is 9.17.